The van der Waals surface area contributed by atoms with E-state index in [9.17, 15) is 8.78 Å². The van der Waals surface area contributed by atoms with E-state index in [-0.39, 0.29) is 0 Å². The van der Waals surface area contributed by atoms with Gasteiger partial charge in [0.1, 0.15) is 5.82 Å². The predicted molar refractivity (Wildman–Crippen MR) is 105 cm³/mol. The molecule has 27 heavy (non-hydrogen) atoms. The topological polar surface area (TPSA) is 32.3 Å². The van der Waals surface area contributed by atoms with Crippen LogP contribution in [0.3, 0.4) is 0 Å². The van der Waals surface area contributed by atoms with Gasteiger partial charge in [-0.2, -0.15) is 0 Å². The Kier molecular flexibility index (Phi) is 4.64. The van der Waals surface area contributed by atoms with Gasteiger partial charge >= 0.3 is 0 Å². The summed E-state index contributed by atoms with van der Waals surface area (Å²) in [6.45, 7) is 7.38. The maximum atomic E-state index is 13.3. The van der Waals surface area contributed by atoms with Crippen LogP contribution in [0.5, 0.6) is 0 Å². The fourth-order valence-corrected chi connectivity index (χ4v) is 3.65. The average Bonchev–Trinajstić information content (AvgIpc) is 2.69. The SMILES string of the molecule is Cc1cccc(N2CCN(c3nc(C(F)F)nc4ccccc34)CC2)c1C. The zero-order chi connectivity index (χ0) is 19.0. The maximum absolute atomic E-state index is 13.3. The first-order valence-corrected chi connectivity index (χ1v) is 9.15. The number of benzene rings is 2. The first-order chi connectivity index (χ1) is 13.0. The summed E-state index contributed by atoms with van der Waals surface area (Å²) < 4.78 is 26.5. The quantitative estimate of drug-likeness (QED) is 0.681. The molecule has 1 fully saturated rings. The number of anilines is 2. The van der Waals surface area contributed by atoms with Gasteiger partial charge < -0.3 is 9.80 Å². The number of hydrogen-bond acceptors (Lipinski definition) is 4. The minimum absolute atomic E-state index is 0.402. The van der Waals surface area contributed by atoms with Crippen LogP contribution in [0.15, 0.2) is 42.5 Å². The zero-order valence-electron chi connectivity index (χ0n) is 15.5. The Morgan fingerprint density at radius 1 is 0.852 bits per heavy atom. The second-order valence-corrected chi connectivity index (χ2v) is 6.92. The van der Waals surface area contributed by atoms with Crippen molar-refractivity contribution < 1.29 is 8.78 Å². The third-order valence-corrected chi connectivity index (χ3v) is 5.29. The summed E-state index contributed by atoms with van der Waals surface area (Å²) in [5.41, 5.74) is 4.38. The average molecular weight is 368 g/mol. The Labute approximate surface area is 157 Å². The van der Waals surface area contributed by atoms with E-state index < -0.39 is 12.2 Å². The Morgan fingerprint density at radius 2 is 1.56 bits per heavy atom. The highest BCUT2D eigenvalue weighted by atomic mass is 19.3. The molecule has 0 saturated carbocycles. The molecule has 2 heterocycles. The lowest BCUT2D eigenvalue weighted by Crippen LogP contribution is -2.47. The number of aromatic nitrogens is 2. The van der Waals surface area contributed by atoms with Crippen LogP contribution in [-0.4, -0.2) is 36.1 Å². The fourth-order valence-electron chi connectivity index (χ4n) is 3.65. The van der Waals surface area contributed by atoms with Gasteiger partial charge in [0.05, 0.1) is 5.52 Å². The summed E-state index contributed by atoms with van der Waals surface area (Å²) in [6, 6.07) is 13.7. The highest BCUT2D eigenvalue weighted by Gasteiger charge is 2.23. The Morgan fingerprint density at radius 3 is 2.30 bits per heavy atom. The number of fused-ring (bicyclic) bond motifs is 1. The molecule has 6 heteroatoms. The summed E-state index contributed by atoms with van der Waals surface area (Å²) >= 11 is 0. The first kappa shape index (κ1) is 17.6. The number of nitrogens with zero attached hydrogens (tertiary/aromatic N) is 4. The van der Waals surface area contributed by atoms with Crippen LogP contribution in [0.4, 0.5) is 20.3 Å². The largest absolute Gasteiger partial charge is 0.368 e. The van der Waals surface area contributed by atoms with E-state index >= 15 is 0 Å². The Balaban J connectivity index is 1.62. The second kappa shape index (κ2) is 7.10. The lowest BCUT2D eigenvalue weighted by Gasteiger charge is -2.38. The molecular formula is C21H22F2N4. The van der Waals surface area contributed by atoms with Crippen molar-refractivity contribution in [3.05, 3.63) is 59.4 Å². The van der Waals surface area contributed by atoms with Gasteiger partial charge in [-0.3, -0.25) is 0 Å². The smallest absolute Gasteiger partial charge is 0.297 e. The monoisotopic (exact) mass is 368 g/mol. The van der Waals surface area contributed by atoms with Crippen LogP contribution in [0.2, 0.25) is 0 Å². The van der Waals surface area contributed by atoms with Crippen LogP contribution in [0.1, 0.15) is 23.4 Å². The molecular weight excluding hydrogens is 346 g/mol. The highest BCUT2D eigenvalue weighted by Crippen LogP contribution is 2.29. The van der Waals surface area contributed by atoms with Crippen molar-refractivity contribution in [2.24, 2.45) is 0 Å². The van der Waals surface area contributed by atoms with Gasteiger partial charge in [-0.15, -0.1) is 0 Å². The molecule has 0 N–H and O–H groups in total. The van der Waals surface area contributed by atoms with Gasteiger partial charge in [-0.1, -0.05) is 24.3 Å². The molecule has 1 aromatic heterocycles. The van der Waals surface area contributed by atoms with Crippen LogP contribution < -0.4 is 9.80 Å². The van der Waals surface area contributed by atoms with Crippen LogP contribution in [0.25, 0.3) is 10.9 Å². The molecule has 0 bridgehead atoms. The van der Waals surface area contributed by atoms with E-state index in [0.29, 0.717) is 11.3 Å². The third kappa shape index (κ3) is 3.31. The molecule has 0 amide bonds. The predicted octanol–water partition coefficient (Wildman–Crippen LogP) is 4.51. The first-order valence-electron chi connectivity index (χ1n) is 9.15. The van der Waals surface area contributed by atoms with E-state index in [0.717, 1.165) is 31.6 Å². The number of para-hydroxylation sites is 1. The molecule has 4 nitrogen and oxygen atoms in total. The second-order valence-electron chi connectivity index (χ2n) is 6.92. The third-order valence-electron chi connectivity index (χ3n) is 5.29. The molecule has 140 valence electrons. The van der Waals surface area contributed by atoms with Crippen LogP contribution in [0, 0.1) is 13.8 Å². The van der Waals surface area contributed by atoms with E-state index in [4.69, 9.17) is 0 Å². The molecule has 1 aliphatic heterocycles. The minimum atomic E-state index is -2.68. The Bertz CT molecular complexity index is 966. The van der Waals surface area contributed by atoms with Crippen LogP contribution >= 0.6 is 0 Å². The summed E-state index contributed by atoms with van der Waals surface area (Å²) in [4.78, 5) is 12.7. The van der Waals surface area contributed by atoms with Gasteiger partial charge in [-0.25, -0.2) is 18.7 Å². The van der Waals surface area contributed by atoms with Gasteiger partial charge in [0, 0.05) is 37.3 Å². The molecule has 2 aromatic carbocycles. The van der Waals surface area contributed by atoms with E-state index in [1.165, 1.54) is 16.8 Å². The number of halogens is 2. The molecule has 0 spiro atoms. The molecule has 1 saturated heterocycles. The number of rotatable bonds is 3. The molecule has 1 aliphatic rings. The standard InChI is InChI=1S/C21H22F2N4/c1-14-6-5-9-18(15(14)2)26-10-12-27(13-11-26)21-16-7-3-4-8-17(16)24-20(25-21)19(22)23/h3-9,19H,10-13H2,1-2H3. The van der Waals surface area contributed by atoms with Gasteiger partial charge in [0.15, 0.2) is 5.82 Å². The maximum Gasteiger partial charge on any atom is 0.297 e. The summed E-state index contributed by atoms with van der Waals surface area (Å²) in [5.74, 6) is 0.206. The van der Waals surface area contributed by atoms with Crippen molar-refractivity contribution in [3.8, 4) is 0 Å². The van der Waals surface area contributed by atoms with E-state index in [1.54, 1.807) is 6.07 Å². The normalized spacial score (nSPS) is 15.0. The number of piperazine rings is 1. The van der Waals surface area contributed by atoms with Crippen molar-refractivity contribution in [2.75, 3.05) is 36.0 Å². The van der Waals surface area contributed by atoms with Crippen molar-refractivity contribution in [3.63, 3.8) is 0 Å². The van der Waals surface area contributed by atoms with E-state index in [1.807, 2.05) is 18.2 Å². The molecule has 3 aromatic rings. The molecule has 0 unspecified atom stereocenters. The van der Waals surface area contributed by atoms with Gasteiger partial charge in [-0.05, 0) is 43.2 Å². The lowest BCUT2D eigenvalue weighted by atomic mass is 10.1. The van der Waals surface area contributed by atoms with Crippen LogP contribution in [-0.2, 0) is 0 Å². The lowest BCUT2D eigenvalue weighted by molar-refractivity contribution is 0.141. The van der Waals surface area contributed by atoms with Crippen molar-refractivity contribution in [1.29, 1.82) is 0 Å². The molecule has 0 atom stereocenters. The summed E-state index contributed by atoms with van der Waals surface area (Å²) in [5, 5.41) is 0.821. The molecule has 0 aliphatic carbocycles. The number of aryl methyl sites for hydroxylation is 1. The fraction of sp³-hybridized carbons (Fsp3) is 0.333. The summed E-state index contributed by atoms with van der Waals surface area (Å²) in [7, 11) is 0. The van der Waals surface area contributed by atoms with Gasteiger partial charge in [0.25, 0.3) is 6.43 Å². The van der Waals surface area contributed by atoms with E-state index in [2.05, 4.69) is 51.8 Å². The van der Waals surface area contributed by atoms with Crippen molar-refractivity contribution in [2.45, 2.75) is 20.3 Å². The van der Waals surface area contributed by atoms with Gasteiger partial charge in [0.2, 0.25) is 0 Å². The molecule has 4 rings (SSSR count). The zero-order valence-corrected chi connectivity index (χ0v) is 15.5. The number of hydrogen-bond donors (Lipinski definition) is 0. The van der Waals surface area contributed by atoms with Crippen molar-refractivity contribution >= 4 is 22.4 Å². The molecule has 0 radical (unpaired) electrons. The number of alkyl halides is 2. The summed E-state index contributed by atoms with van der Waals surface area (Å²) in [6.07, 6.45) is -2.68. The minimum Gasteiger partial charge on any atom is -0.368 e. The Hall–Kier alpha value is -2.76. The highest BCUT2D eigenvalue weighted by molar-refractivity contribution is 5.89. The van der Waals surface area contributed by atoms with Crippen molar-refractivity contribution in [1.82, 2.24) is 9.97 Å².